The van der Waals surface area contributed by atoms with Crippen LogP contribution in [-0.4, -0.2) is 23.6 Å². The Kier molecular flexibility index (Phi) is 5.71. The Morgan fingerprint density at radius 1 is 1.30 bits per heavy atom. The number of hydrogen-bond acceptors (Lipinski definition) is 4. The monoisotopic (exact) mass is 334 g/mol. The number of esters is 1. The molecule has 2 rings (SSSR count). The topological polar surface area (TPSA) is 60.7 Å². The van der Waals surface area contributed by atoms with Crippen molar-refractivity contribution in [3.63, 3.8) is 0 Å². The molecule has 1 amide bonds. The number of benzene rings is 1. The summed E-state index contributed by atoms with van der Waals surface area (Å²) < 4.78 is 7.59. The summed E-state index contributed by atoms with van der Waals surface area (Å²) in [4.78, 5) is 28.5. The fourth-order valence-electron chi connectivity index (χ4n) is 2.43. The number of thiazole rings is 1. The van der Waals surface area contributed by atoms with E-state index in [1.54, 1.807) is 4.57 Å². The molecule has 23 heavy (non-hydrogen) atoms. The average molecular weight is 334 g/mol. The van der Waals surface area contributed by atoms with Gasteiger partial charge in [0.2, 0.25) is 5.91 Å². The highest BCUT2D eigenvalue weighted by atomic mass is 32.1. The van der Waals surface area contributed by atoms with Crippen molar-refractivity contribution in [3.05, 3.63) is 28.1 Å². The normalized spacial score (nSPS) is 11.9. The van der Waals surface area contributed by atoms with Gasteiger partial charge in [-0.3, -0.25) is 9.59 Å². The van der Waals surface area contributed by atoms with Crippen molar-refractivity contribution >= 4 is 33.4 Å². The summed E-state index contributed by atoms with van der Waals surface area (Å²) >= 11 is 1.44. The second kappa shape index (κ2) is 7.55. The summed E-state index contributed by atoms with van der Waals surface area (Å²) in [5, 5.41) is 0. The number of fused-ring (bicyclic) bond motifs is 1. The molecule has 1 heterocycles. The number of aryl methyl sites for hydroxylation is 2. The fourth-order valence-corrected chi connectivity index (χ4v) is 3.53. The number of carbonyl (C=O) groups excluding carboxylic acids is 2. The van der Waals surface area contributed by atoms with Gasteiger partial charge in [-0.2, -0.15) is 4.99 Å². The van der Waals surface area contributed by atoms with Crippen LogP contribution >= 0.6 is 11.3 Å². The maximum absolute atomic E-state index is 12.0. The third-order valence-corrected chi connectivity index (χ3v) is 4.82. The van der Waals surface area contributed by atoms with E-state index in [0.29, 0.717) is 11.2 Å². The van der Waals surface area contributed by atoms with Crippen molar-refractivity contribution < 1.29 is 14.3 Å². The Morgan fingerprint density at radius 3 is 2.70 bits per heavy atom. The lowest BCUT2D eigenvalue weighted by atomic mass is 10.1. The number of unbranched alkanes of at least 4 members (excludes halogenated alkanes) is 1. The van der Waals surface area contributed by atoms with Gasteiger partial charge in [-0.25, -0.2) is 0 Å². The van der Waals surface area contributed by atoms with E-state index >= 15 is 0 Å². The molecule has 1 aromatic heterocycles. The highest BCUT2D eigenvalue weighted by Crippen LogP contribution is 2.23. The van der Waals surface area contributed by atoms with Crippen molar-refractivity contribution in [2.75, 3.05) is 7.11 Å². The van der Waals surface area contributed by atoms with Gasteiger partial charge in [0.05, 0.1) is 17.3 Å². The number of ether oxygens (including phenoxy) is 1. The van der Waals surface area contributed by atoms with Gasteiger partial charge < -0.3 is 9.30 Å². The Morgan fingerprint density at radius 2 is 2.04 bits per heavy atom. The molecule has 0 aliphatic rings. The number of methoxy groups -OCH3 is 1. The number of carbonyl (C=O) groups is 2. The Labute approximate surface area is 139 Å². The van der Waals surface area contributed by atoms with E-state index in [1.165, 1.54) is 18.4 Å². The second-order valence-electron chi connectivity index (χ2n) is 5.59. The summed E-state index contributed by atoms with van der Waals surface area (Å²) in [5.41, 5.74) is 3.14. The molecule has 0 radical (unpaired) electrons. The van der Waals surface area contributed by atoms with Gasteiger partial charge in [0.25, 0.3) is 0 Å². The molecular weight excluding hydrogens is 312 g/mol. The van der Waals surface area contributed by atoms with Crippen LogP contribution in [0.25, 0.3) is 10.2 Å². The highest BCUT2D eigenvalue weighted by Gasteiger charge is 2.13. The average Bonchev–Trinajstić information content (AvgIpc) is 2.83. The SMILES string of the molecule is CCCCC(=O)N=c1sc2c(C)cc(C)cc2n1CC(=O)OC. The van der Waals surface area contributed by atoms with E-state index < -0.39 is 0 Å². The number of amides is 1. The van der Waals surface area contributed by atoms with Crippen LogP contribution in [0.1, 0.15) is 37.3 Å². The van der Waals surface area contributed by atoms with E-state index in [1.807, 2.05) is 26.8 Å². The third-order valence-electron chi connectivity index (χ3n) is 3.59. The molecule has 0 fully saturated rings. The minimum Gasteiger partial charge on any atom is -0.468 e. The van der Waals surface area contributed by atoms with Gasteiger partial charge in [0.15, 0.2) is 4.80 Å². The van der Waals surface area contributed by atoms with E-state index in [9.17, 15) is 9.59 Å². The molecule has 0 saturated carbocycles. The standard InChI is InChI=1S/C17H22N2O3S/c1-5-6-7-14(20)18-17-19(10-15(21)22-4)13-9-11(2)8-12(3)16(13)23-17/h8-9H,5-7,10H2,1-4H3. The van der Waals surface area contributed by atoms with Gasteiger partial charge >= 0.3 is 5.97 Å². The molecule has 0 bridgehead atoms. The molecule has 0 aliphatic carbocycles. The van der Waals surface area contributed by atoms with E-state index in [0.717, 1.165) is 34.2 Å². The molecule has 0 spiro atoms. The largest absolute Gasteiger partial charge is 0.468 e. The first-order chi connectivity index (χ1) is 11.0. The van der Waals surface area contributed by atoms with Gasteiger partial charge in [0, 0.05) is 6.42 Å². The Bertz CT molecular complexity index is 802. The van der Waals surface area contributed by atoms with Crippen LogP contribution in [0.2, 0.25) is 0 Å². The van der Waals surface area contributed by atoms with Crippen LogP contribution < -0.4 is 4.80 Å². The highest BCUT2D eigenvalue weighted by molar-refractivity contribution is 7.16. The van der Waals surface area contributed by atoms with Crippen molar-refractivity contribution in [1.29, 1.82) is 0 Å². The summed E-state index contributed by atoms with van der Waals surface area (Å²) in [5.74, 6) is -0.502. The Balaban J connectivity index is 2.60. The summed E-state index contributed by atoms with van der Waals surface area (Å²) in [6.07, 6.45) is 2.21. The third kappa shape index (κ3) is 4.07. The van der Waals surface area contributed by atoms with Crippen LogP contribution in [0, 0.1) is 13.8 Å². The number of nitrogens with zero attached hydrogens (tertiary/aromatic N) is 2. The molecule has 1 aromatic carbocycles. The van der Waals surface area contributed by atoms with Crippen molar-refractivity contribution in [3.8, 4) is 0 Å². The van der Waals surface area contributed by atoms with Gasteiger partial charge in [-0.1, -0.05) is 30.7 Å². The molecule has 0 unspecified atom stereocenters. The van der Waals surface area contributed by atoms with Crippen LogP contribution in [0.5, 0.6) is 0 Å². The molecule has 0 atom stereocenters. The maximum atomic E-state index is 12.0. The Hall–Kier alpha value is -1.95. The summed E-state index contributed by atoms with van der Waals surface area (Å²) in [6.45, 7) is 6.13. The number of hydrogen-bond donors (Lipinski definition) is 0. The van der Waals surface area contributed by atoms with Crippen LogP contribution in [-0.2, 0) is 20.9 Å². The van der Waals surface area contributed by atoms with Crippen LogP contribution in [0.4, 0.5) is 0 Å². The van der Waals surface area contributed by atoms with Crippen LogP contribution in [0.15, 0.2) is 17.1 Å². The molecule has 6 heteroatoms. The molecule has 0 saturated heterocycles. The lowest BCUT2D eigenvalue weighted by Crippen LogP contribution is -2.22. The van der Waals surface area contributed by atoms with E-state index in [2.05, 4.69) is 11.1 Å². The van der Waals surface area contributed by atoms with E-state index in [-0.39, 0.29) is 18.4 Å². The molecule has 124 valence electrons. The molecule has 5 nitrogen and oxygen atoms in total. The zero-order valence-electron chi connectivity index (χ0n) is 14.0. The lowest BCUT2D eigenvalue weighted by Gasteiger charge is -2.05. The molecule has 0 aliphatic heterocycles. The van der Waals surface area contributed by atoms with Crippen LogP contribution in [0.3, 0.4) is 0 Å². The fraction of sp³-hybridized carbons (Fsp3) is 0.471. The first-order valence-corrected chi connectivity index (χ1v) is 8.52. The van der Waals surface area contributed by atoms with Crippen molar-refractivity contribution in [2.45, 2.75) is 46.6 Å². The number of aromatic nitrogens is 1. The maximum Gasteiger partial charge on any atom is 0.325 e. The van der Waals surface area contributed by atoms with E-state index in [4.69, 9.17) is 4.74 Å². The predicted molar refractivity (Wildman–Crippen MR) is 91.4 cm³/mol. The zero-order chi connectivity index (χ0) is 17.0. The summed E-state index contributed by atoms with van der Waals surface area (Å²) in [6, 6.07) is 4.10. The van der Waals surface area contributed by atoms with Crippen molar-refractivity contribution in [2.24, 2.45) is 4.99 Å². The minimum atomic E-state index is -0.355. The first-order valence-electron chi connectivity index (χ1n) is 7.71. The van der Waals surface area contributed by atoms with Gasteiger partial charge in [-0.15, -0.1) is 0 Å². The van der Waals surface area contributed by atoms with Gasteiger partial charge in [-0.05, 0) is 37.5 Å². The smallest absolute Gasteiger partial charge is 0.325 e. The zero-order valence-corrected chi connectivity index (χ0v) is 14.8. The lowest BCUT2D eigenvalue weighted by molar-refractivity contribution is -0.141. The summed E-state index contributed by atoms with van der Waals surface area (Å²) in [7, 11) is 1.36. The van der Waals surface area contributed by atoms with Crippen molar-refractivity contribution in [1.82, 2.24) is 4.57 Å². The molecule has 0 N–H and O–H groups in total. The molecular formula is C17H22N2O3S. The predicted octanol–water partition coefficient (Wildman–Crippen LogP) is 3.11. The first kappa shape index (κ1) is 17.4. The quantitative estimate of drug-likeness (QED) is 0.789. The molecule has 2 aromatic rings. The second-order valence-corrected chi connectivity index (χ2v) is 6.56. The minimum absolute atomic E-state index is 0.0548. The van der Waals surface area contributed by atoms with Gasteiger partial charge in [0.1, 0.15) is 6.54 Å². The number of rotatable bonds is 5.